The number of carbonyl (C=O) groups excluding carboxylic acids is 1. The Balaban J connectivity index is 1.69. The highest BCUT2D eigenvalue weighted by atomic mass is 16.5. The zero-order chi connectivity index (χ0) is 17.2. The van der Waals surface area contributed by atoms with Crippen LogP contribution >= 0.6 is 0 Å². The predicted molar refractivity (Wildman–Crippen MR) is 92.8 cm³/mol. The van der Waals surface area contributed by atoms with Crippen LogP contribution in [0.4, 0.5) is 0 Å². The van der Waals surface area contributed by atoms with Gasteiger partial charge in [0.1, 0.15) is 5.75 Å². The van der Waals surface area contributed by atoms with Gasteiger partial charge in [-0.05, 0) is 43.5 Å². The van der Waals surface area contributed by atoms with Crippen LogP contribution in [0.2, 0.25) is 0 Å². The molecule has 0 saturated carbocycles. The molecule has 2 saturated heterocycles. The number of benzene rings is 1. The van der Waals surface area contributed by atoms with Crippen LogP contribution < -0.4 is 4.74 Å². The first-order valence-corrected chi connectivity index (χ1v) is 8.87. The lowest BCUT2D eigenvalue weighted by Gasteiger charge is -2.43. The fourth-order valence-corrected chi connectivity index (χ4v) is 4.24. The van der Waals surface area contributed by atoms with Crippen molar-refractivity contribution in [3.8, 4) is 5.75 Å². The molecule has 2 aliphatic heterocycles. The lowest BCUT2D eigenvalue weighted by atomic mass is 9.74. The van der Waals surface area contributed by atoms with Crippen LogP contribution in [0.15, 0.2) is 24.3 Å². The molecule has 5 heteroatoms. The van der Waals surface area contributed by atoms with E-state index in [0.29, 0.717) is 19.1 Å². The van der Waals surface area contributed by atoms with Crippen LogP contribution in [0.3, 0.4) is 0 Å². The molecule has 0 unspecified atom stereocenters. The second-order valence-electron chi connectivity index (χ2n) is 7.20. The quantitative estimate of drug-likeness (QED) is 0.892. The van der Waals surface area contributed by atoms with Gasteiger partial charge in [0, 0.05) is 38.5 Å². The number of aliphatic hydroxyl groups is 1. The second-order valence-corrected chi connectivity index (χ2v) is 7.20. The summed E-state index contributed by atoms with van der Waals surface area (Å²) in [5.41, 5.74) is 1.07. The number of nitrogens with zero attached hydrogens (tertiary/aromatic N) is 2. The minimum atomic E-state index is -0.165. The van der Waals surface area contributed by atoms with E-state index in [0.717, 1.165) is 38.3 Å². The molecular formula is C19H28N2O3. The van der Waals surface area contributed by atoms with Gasteiger partial charge in [0.2, 0.25) is 5.91 Å². The summed E-state index contributed by atoms with van der Waals surface area (Å²) in [5, 5.41) is 10.1. The molecule has 0 spiro atoms. The van der Waals surface area contributed by atoms with Crippen molar-refractivity contribution in [1.82, 2.24) is 9.80 Å². The van der Waals surface area contributed by atoms with E-state index < -0.39 is 0 Å². The number of aliphatic hydroxyl groups excluding tert-OH is 1. The van der Waals surface area contributed by atoms with E-state index in [2.05, 4.69) is 17.0 Å². The van der Waals surface area contributed by atoms with Crippen molar-refractivity contribution in [3.05, 3.63) is 29.8 Å². The third-order valence-corrected chi connectivity index (χ3v) is 5.52. The summed E-state index contributed by atoms with van der Waals surface area (Å²) >= 11 is 0. The summed E-state index contributed by atoms with van der Waals surface area (Å²) < 4.78 is 5.58. The van der Waals surface area contributed by atoms with Gasteiger partial charge in [-0.25, -0.2) is 0 Å². The fraction of sp³-hybridized carbons (Fsp3) is 0.632. The number of likely N-dealkylation sites (tertiary alicyclic amines) is 2. The van der Waals surface area contributed by atoms with Gasteiger partial charge in [-0.2, -0.15) is 0 Å². The Morgan fingerprint density at radius 2 is 2.25 bits per heavy atom. The SMILES string of the molecule is CCOc1cccc(CN2CC[C@H]3CN(C(C)=O)C[C@@]3(CO)C2)c1. The van der Waals surface area contributed by atoms with Crippen molar-refractivity contribution >= 4 is 5.91 Å². The smallest absolute Gasteiger partial charge is 0.219 e. The molecule has 1 aromatic rings. The summed E-state index contributed by atoms with van der Waals surface area (Å²) in [7, 11) is 0. The molecule has 24 heavy (non-hydrogen) atoms. The molecule has 1 amide bonds. The lowest BCUT2D eigenvalue weighted by molar-refractivity contribution is -0.128. The topological polar surface area (TPSA) is 53.0 Å². The zero-order valence-electron chi connectivity index (χ0n) is 14.7. The van der Waals surface area contributed by atoms with E-state index in [-0.39, 0.29) is 17.9 Å². The van der Waals surface area contributed by atoms with Crippen molar-refractivity contribution in [2.24, 2.45) is 11.3 Å². The minimum Gasteiger partial charge on any atom is -0.494 e. The molecule has 0 aromatic heterocycles. The van der Waals surface area contributed by atoms with Crippen LogP contribution in [0, 0.1) is 11.3 Å². The Morgan fingerprint density at radius 3 is 2.96 bits per heavy atom. The lowest BCUT2D eigenvalue weighted by Crippen LogP contribution is -2.50. The van der Waals surface area contributed by atoms with Crippen molar-refractivity contribution < 1.29 is 14.6 Å². The van der Waals surface area contributed by atoms with E-state index in [9.17, 15) is 9.90 Å². The van der Waals surface area contributed by atoms with E-state index in [1.54, 1.807) is 6.92 Å². The van der Waals surface area contributed by atoms with Crippen LogP contribution in [-0.2, 0) is 11.3 Å². The maximum Gasteiger partial charge on any atom is 0.219 e. The summed E-state index contributed by atoms with van der Waals surface area (Å²) in [5.74, 6) is 1.44. The standard InChI is InChI=1S/C19H28N2O3/c1-3-24-18-6-4-5-16(9-18)10-20-8-7-17-11-21(15(2)23)13-19(17,12-20)14-22/h4-6,9,17,22H,3,7-8,10-14H2,1-2H3/t17-,19+/m0/s1. The van der Waals surface area contributed by atoms with Crippen molar-refractivity contribution in [3.63, 3.8) is 0 Å². The monoisotopic (exact) mass is 332 g/mol. The number of amides is 1. The third-order valence-electron chi connectivity index (χ3n) is 5.52. The molecular weight excluding hydrogens is 304 g/mol. The first kappa shape index (κ1) is 17.2. The van der Waals surface area contributed by atoms with Gasteiger partial charge < -0.3 is 14.7 Å². The largest absolute Gasteiger partial charge is 0.494 e. The van der Waals surface area contributed by atoms with E-state index in [1.807, 2.05) is 24.0 Å². The average Bonchev–Trinajstić information content (AvgIpc) is 2.95. The Bertz CT molecular complexity index is 592. The molecule has 2 atom stereocenters. The first-order chi connectivity index (χ1) is 11.6. The maximum absolute atomic E-state index is 11.7. The van der Waals surface area contributed by atoms with E-state index in [4.69, 9.17) is 4.74 Å². The highest BCUT2D eigenvalue weighted by Gasteiger charge is 2.49. The average molecular weight is 332 g/mol. The van der Waals surface area contributed by atoms with Gasteiger partial charge in [-0.1, -0.05) is 12.1 Å². The van der Waals surface area contributed by atoms with Crippen LogP contribution in [-0.4, -0.2) is 60.2 Å². The molecule has 2 fully saturated rings. The highest BCUT2D eigenvalue weighted by Crippen LogP contribution is 2.42. The first-order valence-electron chi connectivity index (χ1n) is 8.87. The summed E-state index contributed by atoms with van der Waals surface area (Å²) in [4.78, 5) is 16.0. The third kappa shape index (κ3) is 3.42. The van der Waals surface area contributed by atoms with Crippen molar-refractivity contribution in [2.45, 2.75) is 26.8 Å². The summed E-state index contributed by atoms with van der Waals surface area (Å²) in [6, 6.07) is 8.23. The van der Waals surface area contributed by atoms with Crippen molar-refractivity contribution in [2.75, 3.05) is 39.4 Å². The van der Waals surface area contributed by atoms with Crippen LogP contribution in [0.25, 0.3) is 0 Å². The molecule has 1 N–H and O–H groups in total. The predicted octanol–water partition coefficient (Wildman–Crippen LogP) is 1.75. The molecule has 3 rings (SSSR count). The molecule has 5 nitrogen and oxygen atoms in total. The van der Waals surface area contributed by atoms with Gasteiger partial charge in [-0.15, -0.1) is 0 Å². The number of fused-ring (bicyclic) bond motifs is 1. The Kier molecular flexibility index (Phi) is 5.11. The molecule has 2 heterocycles. The summed E-state index contributed by atoms with van der Waals surface area (Å²) in [6.45, 7) is 8.62. The molecule has 2 aliphatic rings. The van der Waals surface area contributed by atoms with Gasteiger partial charge >= 0.3 is 0 Å². The number of ether oxygens (including phenoxy) is 1. The van der Waals surface area contributed by atoms with E-state index in [1.165, 1.54) is 5.56 Å². The van der Waals surface area contributed by atoms with E-state index >= 15 is 0 Å². The fourth-order valence-electron chi connectivity index (χ4n) is 4.24. The Labute approximate surface area is 144 Å². The molecule has 0 bridgehead atoms. The van der Waals surface area contributed by atoms with Gasteiger partial charge in [-0.3, -0.25) is 9.69 Å². The van der Waals surface area contributed by atoms with Gasteiger partial charge in [0.05, 0.1) is 13.2 Å². The van der Waals surface area contributed by atoms with Crippen LogP contribution in [0.5, 0.6) is 5.75 Å². The molecule has 1 aromatic carbocycles. The maximum atomic E-state index is 11.7. The molecule has 0 radical (unpaired) electrons. The van der Waals surface area contributed by atoms with Crippen molar-refractivity contribution in [1.29, 1.82) is 0 Å². The number of hydrogen-bond acceptors (Lipinski definition) is 4. The van der Waals surface area contributed by atoms with Gasteiger partial charge in [0.15, 0.2) is 0 Å². The number of carbonyl (C=O) groups is 1. The molecule has 0 aliphatic carbocycles. The number of rotatable bonds is 5. The summed E-state index contributed by atoms with van der Waals surface area (Å²) in [6.07, 6.45) is 1.04. The minimum absolute atomic E-state index is 0.119. The van der Waals surface area contributed by atoms with Gasteiger partial charge in [0.25, 0.3) is 0 Å². The zero-order valence-corrected chi connectivity index (χ0v) is 14.7. The number of hydrogen-bond donors (Lipinski definition) is 1. The van der Waals surface area contributed by atoms with Crippen LogP contribution in [0.1, 0.15) is 25.8 Å². The second kappa shape index (κ2) is 7.11. The number of piperidine rings is 1. The Hall–Kier alpha value is -1.59. The normalized spacial score (nSPS) is 27.1. The Morgan fingerprint density at radius 1 is 1.42 bits per heavy atom. The molecule has 132 valence electrons. The highest BCUT2D eigenvalue weighted by molar-refractivity contribution is 5.73.